The van der Waals surface area contributed by atoms with Gasteiger partial charge in [-0.05, 0) is 18.2 Å². The van der Waals surface area contributed by atoms with Gasteiger partial charge in [0.15, 0.2) is 0 Å². The number of nitrogens with one attached hydrogen (secondary N) is 1. The largest absolute Gasteiger partial charge is 0.481 e. The van der Waals surface area contributed by atoms with Crippen LogP contribution < -0.4 is 15.2 Å². The molecule has 8 heteroatoms. The average molecular weight is 294 g/mol. The molecule has 0 saturated carbocycles. The van der Waals surface area contributed by atoms with E-state index in [0.717, 1.165) is 0 Å². The second-order valence-corrected chi connectivity index (χ2v) is 5.57. The van der Waals surface area contributed by atoms with Crippen LogP contribution in [0.3, 0.4) is 0 Å². The number of methoxy groups -OCH3 is 1. The molecule has 0 aliphatic carbocycles. The summed E-state index contributed by atoms with van der Waals surface area (Å²) in [5.41, 5.74) is 6.37. The fourth-order valence-electron chi connectivity index (χ4n) is 1.47. The molecule has 2 aromatic heterocycles. The summed E-state index contributed by atoms with van der Waals surface area (Å²) in [6.45, 7) is 0.260. The summed E-state index contributed by atoms with van der Waals surface area (Å²) >= 11 is 0. The van der Waals surface area contributed by atoms with Crippen LogP contribution in [0.25, 0.3) is 0 Å². The summed E-state index contributed by atoms with van der Waals surface area (Å²) in [4.78, 5) is 7.93. The smallest absolute Gasteiger partial charge is 0.263 e. The zero-order valence-electron chi connectivity index (χ0n) is 10.8. The molecule has 0 atom stereocenters. The first kappa shape index (κ1) is 14.2. The van der Waals surface area contributed by atoms with E-state index >= 15 is 0 Å². The number of nitrogens with two attached hydrogens (primary N) is 1. The molecule has 7 nitrogen and oxygen atoms in total. The highest BCUT2D eigenvalue weighted by Crippen LogP contribution is 2.16. The zero-order chi connectivity index (χ0) is 14.6. The lowest BCUT2D eigenvalue weighted by molar-refractivity contribution is 0.398. The Hall–Kier alpha value is -2.19. The van der Waals surface area contributed by atoms with Crippen LogP contribution in [0.2, 0.25) is 0 Å². The molecule has 2 rings (SSSR count). The van der Waals surface area contributed by atoms with Crippen LogP contribution in [0.15, 0.2) is 41.6 Å². The summed E-state index contributed by atoms with van der Waals surface area (Å²) in [6.07, 6.45) is 2.64. The quantitative estimate of drug-likeness (QED) is 0.842. The molecule has 20 heavy (non-hydrogen) atoms. The first-order valence-corrected chi connectivity index (χ1v) is 7.21. The van der Waals surface area contributed by atoms with E-state index in [1.807, 2.05) is 0 Å². The summed E-state index contributed by atoms with van der Waals surface area (Å²) in [5, 5.41) is 0. The Balaban J connectivity index is 2.20. The molecule has 0 aromatic carbocycles. The van der Waals surface area contributed by atoms with Crippen LogP contribution in [0.4, 0.5) is 5.69 Å². The van der Waals surface area contributed by atoms with Crippen LogP contribution in [0, 0.1) is 0 Å². The van der Waals surface area contributed by atoms with Crippen molar-refractivity contribution in [2.24, 2.45) is 5.73 Å². The van der Waals surface area contributed by atoms with Crippen molar-refractivity contribution in [3.05, 3.63) is 42.4 Å². The van der Waals surface area contributed by atoms with Crippen LogP contribution in [0.1, 0.15) is 5.69 Å². The molecule has 0 radical (unpaired) electrons. The van der Waals surface area contributed by atoms with E-state index < -0.39 is 10.0 Å². The van der Waals surface area contributed by atoms with Crippen molar-refractivity contribution < 1.29 is 13.2 Å². The van der Waals surface area contributed by atoms with E-state index in [-0.39, 0.29) is 11.4 Å². The van der Waals surface area contributed by atoms with Gasteiger partial charge in [-0.25, -0.2) is 13.4 Å². The monoisotopic (exact) mass is 294 g/mol. The lowest BCUT2D eigenvalue weighted by Crippen LogP contribution is -2.14. The van der Waals surface area contributed by atoms with Crippen molar-refractivity contribution in [3.63, 3.8) is 0 Å². The van der Waals surface area contributed by atoms with Gasteiger partial charge in [0.2, 0.25) is 5.88 Å². The SMILES string of the molecule is COc1ccc(NS(=O)(=O)c2ccc(CN)nc2)cn1. The maximum atomic E-state index is 12.1. The number of sulfonamides is 1. The molecule has 2 aromatic rings. The second-order valence-electron chi connectivity index (χ2n) is 3.88. The molecule has 0 aliphatic rings. The fourth-order valence-corrected chi connectivity index (χ4v) is 2.45. The number of pyridine rings is 2. The normalized spacial score (nSPS) is 11.1. The van der Waals surface area contributed by atoms with Gasteiger partial charge in [0, 0.05) is 18.8 Å². The van der Waals surface area contributed by atoms with Crippen molar-refractivity contribution >= 4 is 15.7 Å². The zero-order valence-corrected chi connectivity index (χ0v) is 11.6. The van der Waals surface area contributed by atoms with Gasteiger partial charge in [0.05, 0.1) is 24.7 Å². The summed E-state index contributed by atoms with van der Waals surface area (Å²) in [7, 11) is -2.21. The molecule has 0 spiro atoms. The highest BCUT2D eigenvalue weighted by molar-refractivity contribution is 7.92. The third-order valence-electron chi connectivity index (χ3n) is 2.51. The van der Waals surface area contributed by atoms with Crippen LogP contribution in [0.5, 0.6) is 5.88 Å². The number of anilines is 1. The Morgan fingerprint density at radius 2 is 2.00 bits per heavy atom. The second kappa shape index (κ2) is 5.85. The third-order valence-corrected chi connectivity index (χ3v) is 3.88. The predicted molar refractivity (Wildman–Crippen MR) is 73.7 cm³/mol. The minimum atomic E-state index is -3.69. The number of rotatable bonds is 5. The molecule has 0 aliphatic heterocycles. The van der Waals surface area contributed by atoms with Crippen LogP contribution >= 0.6 is 0 Å². The van der Waals surface area contributed by atoms with E-state index in [2.05, 4.69) is 14.7 Å². The van der Waals surface area contributed by atoms with Gasteiger partial charge in [0.1, 0.15) is 4.90 Å². The van der Waals surface area contributed by atoms with Crippen molar-refractivity contribution in [2.45, 2.75) is 11.4 Å². The number of hydrogen-bond donors (Lipinski definition) is 2. The van der Waals surface area contributed by atoms with Crippen molar-refractivity contribution in [1.82, 2.24) is 9.97 Å². The van der Waals surface area contributed by atoms with Gasteiger partial charge in [-0.3, -0.25) is 9.71 Å². The van der Waals surface area contributed by atoms with Gasteiger partial charge < -0.3 is 10.5 Å². The molecule has 0 bridgehead atoms. The Bertz CT molecular complexity index is 669. The summed E-state index contributed by atoms with van der Waals surface area (Å²) in [6, 6.07) is 6.15. The first-order valence-electron chi connectivity index (χ1n) is 5.73. The molecular formula is C12H14N4O3S. The highest BCUT2D eigenvalue weighted by atomic mass is 32.2. The molecule has 2 heterocycles. The molecule has 0 saturated heterocycles. The Kier molecular flexibility index (Phi) is 4.16. The fraction of sp³-hybridized carbons (Fsp3) is 0.167. The number of nitrogens with zero attached hydrogens (tertiary/aromatic N) is 2. The van der Waals surface area contributed by atoms with E-state index in [1.165, 1.54) is 25.6 Å². The number of aromatic nitrogens is 2. The Morgan fingerprint density at radius 3 is 2.50 bits per heavy atom. The molecule has 0 amide bonds. The maximum Gasteiger partial charge on any atom is 0.263 e. The lowest BCUT2D eigenvalue weighted by Gasteiger charge is -2.08. The van der Waals surface area contributed by atoms with Gasteiger partial charge in [-0.2, -0.15) is 0 Å². The van der Waals surface area contributed by atoms with Crippen molar-refractivity contribution in [1.29, 1.82) is 0 Å². The van der Waals surface area contributed by atoms with Gasteiger partial charge in [0.25, 0.3) is 10.0 Å². The molecule has 0 fully saturated rings. The average Bonchev–Trinajstić information content (AvgIpc) is 2.48. The third kappa shape index (κ3) is 3.22. The summed E-state index contributed by atoms with van der Waals surface area (Å²) in [5.74, 6) is 0.405. The first-order chi connectivity index (χ1) is 9.55. The molecule has 0 unspecified atom stereocenters. The minimum Gasteiger partial charge on any atom is -0.481 e. The van der Waals surface area contributed by atoms with Gasteiger partial charge in [-0.15, -0.1) is 0 Å². The van der Waals surface area contributed by atoms with Gasteiger partial charge in [-0.1, -0.05) is 0 Å². The lowest BCUT2D eigenvalue weighted by atomic mass is 10.4. The highest BCUT2D eigenvalue weighted by Gasteiger charge is 2.14. The van der Waals surface area contributed by atoms with Gasteiger partial charge >= 0.3 is 0 Å². The minimum absolute atomic E-state index is 0.0607. The van der Waals surface area contributed by atoms with E-state index in [1.54, 1.807) is 18.2 Å². The van der Waals surface area contributed by atoms with E-state index in [0.29, 0.717) is 17.3 Å². The van der Waals surface area contributed by atoms with E-state index in [9.17, 15) is 8.42 Å². The molecule has 106 valence electrons. The van der Waals surface area contributed by atoms with Crippen LogP contribution in [-0.4, -0.2) is 25.5 Å². The topological polar surface area (TPSA) is 107 Å². The predicted octanol–water partition coefficient (Wildman–Crippen LogP) is 0.745. The van der Waals surface area contributed by atoms with Crippen molar-refractivity contribution in [3.8, 4) is 5.88 Å². The molecular weight excluding hydrogens is 280 g/mol. The van der Waals surface area contributed by atoms with Crippen molar-refractivity contribution in [2.75, 3.05) is 11.8 Å². The molecule has 3 N–H and O–H groups in total. The number of hydrogen-bond acceptors (Lipinski definition) is 6. The number of ether oxygens (including phenoxy) is 1. The Morgan fingerprint density at radius 1 is 1.20 bits per heavy atom. The van der Waals surface area contributed by atoms with E-state index in [4.69, 9.17) is 10.5 Å². The Labute approximate surface area is 116 Å². The standard InChI is InChI=1S/C12H14N4O3S/c1-19-12-5-3-10(7-15-12)16-20(17,18)11-4-2-9(6-13)14-8-11/h2-5,7-8,16H,6,13H2,1H3. The van der Waals surface area contributed by atoms with Crippen LogP contribution in [-0.2, 0) is 16.6 Å². The maximum absolute atomic E-state index is 12.1. The summed E-state index contributed by atoms with van der Waals surface area (Å²) < 4.78 is 31.5.